The standard InChI is InChI=1S/C16H25NO4/c1-10(8-11-6-7-11)15(19)17-13(16(20)21-2)9-12-4-3-5-14(12)18/h10-13H,3-9H2,1-2H3,(H,17,19)/t10-,12-,13-/m0/s1. The topological polar surface area (TPSA) is 72.5 Å². The summed E-state index contributed by atoms with van der Waals surface area (Å²) in [5.41, 5.74) is 0. The molecule has 0 radical (unpaired) electrons. The molecule has 0 spiro atoms. The number of Topliss-reactive ketones (excluding diaryl/α,β-unsaturated/α-hetero) is 1. The van der Waals surface area contributed by atoms with Crippen LogP contribution >= 0.6 is 0 Å². The summed E-state index contributed by atoms with van der Waals surface area (Å²) in [4.78, 5) is 35.8. The van der Waals surface area contributed by atoms with Crippen molar-refractivity contribution >= 4 is 17.7 Å². The van der Waals surface area contributed by atoms with Crippen molar-refractivity contribution in [2.75, 3.05) is 7.11 Å². The molecule has 0 saturated heterocycles. The van der Waals surface area contributed by atoms with Crippen LogP contribution in [-0.4, -0.2) is 30.8 Å². The molecular formula is C16H25NO4. The molecule has 118 valence electrons. The highest BCUT2D eigenvalue weighted by atomic mass is 16.5. The summed E-state index contributed by atoms with van der Waals surface area (Å²) in [7, 11) is 1.31. The Morgan fingerprint density at radius 1 is 1.29 bits per heavy atom. The lowest BCUT2D eigenvalue weighted by atomic mass is 9.96. The molecule has 21 heavy (non-hydrogen) atoms. The summed E-state index contributed by atoms with van der Waals surface area (Å²) in [6.45, 7) is 1.89. The summed E-state index contributed by atoms with van der Waals surface area (Å²) in [6.07, 6.45) is 5.92. The minimum Gasteiger partial charge on any atom is -0.467 e. The van der Waals surface area contributed by atoms with Gasteiger partial charge in [-0.3, -0.25) is 9.59 Å². The summed E-state index contributed by atoms with van der Waals surface area (Å²) < 4.78 is 4.77. The van der Waals surface area contributed by atoms with E-state index in [2.05, 4.69) is 5.32 Å². The Morgan fingerprint density at radius 2 is 2.00 bits per heavy atom. The number of esters is 1. The van der Waals surface area contributed by atoms with E-state index in [0.717, 1.165) is 19.3 Å². The zero-order chi connectivity index (χ0) is 15.4. The van der Waals surface area contributed by atoms with Crippen LogP contribution in [0.25, 0.3) is 0 Å². The molecule has 2 fully saturated rings. The fourth-order valence-electron chi connectivity index (χ4n) is 3.05. The Bertz CT molecular complexity index is 417. The number of nitrogens with one attached hydrogen (secondary N) is 1. The largest absolute Gasteiger partial charge is 0.467 e. The van der Waals surface area contributed by atoms with Gasteiger partial charge in [-0.1, -0.05) is 19.8 Å². The van der Waals surface area contributed by atoms with Gasteiger partial charge in [0.1, 0.15) is 11.8 Å². The van der Waals surface area contributed by atoms with Crippen molar-refractivity contribution < 1.29 is 19.1 Å². The second kappa shape index (κ2) is 7.05. The molecule has 2 saturated carbocycles. The average molecular weight is 295 g/mol. The molecule has 0 heterocycles. The molecule has 0 aliphatic heterocycles. The number of carbonyl (C=O) groups excluding carboxylic acids is 3. The number of carbonyl (C=O) groups is 3. The van der Waals surface area contributed by atoms with Crippen molar-refractivity contribution in [1.82, 2.24) is 5.32 Å². The van der Waals surface area contributed by atoms with Gasteiger partial charge in [-0.2, -0.15) is 0 Å². The van der Waals surface area contributed by atoms with E-state index in [9.17, 15) is 14.4 Å². The molecule has 5 nitrogen and oxygen atoms in total. The lowest BCUT2D eigenvalue weighted by Crippen LogP contribution is -2.45. The van der Waals surface area contributed by atoms with Gasteiger partial charge >= 0.3 is 5.97 Å². The first-order chi connectivity index (χ1) is 10.0. The van der Waals surface area contributed by atoms with Crippen LogP contribution in [0, 0.1) is 17.8 Å². The predicted molar refractivity (Wildman–Crippen MR) is 77.4 cm³/mol. The highest BCUT2D eigenvalue weighted by Crippen LogP contribution is 2.35. The smallest absolute Gasteiger partial charge is 0.328 e. The van der Waals surface area contributed by atoms with E-state index in [-0.39, 0.29) is 23.5 Å². The first-order valence-electron chi connectivity index (χ1n) is 7.92. The Kier molecular flexibility index (Phi) is 5.37. The van der Waals surface area contributed by atoms with Gasteiger partial charge in [0.15, 0.2) is 0 Å². The summed E-state index contributed by atoms with van der Waals surface area (Å²) in [5.74, 6) is 0.0874. The number of hydrogen-bond acceptors (Lipinski definition) is 4. The maximum Gasteiger partial charge on any atom is 0.328 e. The third-order valence-corrected chi connectivity index (χ3v) is 4.58. The normalized spacial score (nSPS) is 24.5. The number of ketones is 1. The summed E-state index contributed by atoms with van der Waals surface area (Å²) in [6, 6.07) is -0.698. The molecule has 0 bridgehead atoms. The van der Waals surface area contributed by atoms with Crippen molar-refractivity contribution in [2.45, 2.75) is 57.9 Å². The van der Waals surface area contributed by atoms with Gasteiger partial charge in [-0.15, -0.1) is 0 Å². The number of ether oxygens (including phenoxy) is 1. The molecule has 2 aliphatic rings. The monoisotopic (exact) mass is 295 g/mol. The van der Waals surface area contributed by atoms with Gasteiger partial charge < -0.3 is 10.1 Å². The van der Waals surface area contributed by atoms with E-state index in [0.29, 0.717) is 18.8 Å². The van der Waals surface area contributed by atoms with Crippen LogP contribution in [0.5, 0.6) is 0 Å². The Morgan fingerprint density at radius 3 is 2.52 bits per heavy atom. The molecule has 5 heteroatoms. The third-order valence-electron chi connectivity index (χ3n) is 4.58. The SMILES string of the molecule is COC(=O)[C@H](C[C@@H]1CCCC1=O)NC(=O)[C@@H](C)CC1CC1. The molecular weight excluding hydrogens is 270 g/mol. The fourth-order valence-corrected chi connectivity index (χ4v) is 3.05. The van der Waals surface area contributed by atoms with Crippen LogP contribution in [0.4, 0.5) is 0 Å². The summed E-state index contributed by atoms with van der Waals surface area (Å²) in [5, 5.41) is 2.78. The second-order valence-corrected chi connectivity index (χ2v) is 6.46. The number of hydrogen-bond donors (Lipinski definition) is 1. The predicted octanol–water partition coefficient (Wildman–Crippen LogP) is 1.84. The highest BCUT2D eigenvalue weighted by Gasteiger charge is 2.33. The number of amides is 1. The van der Waals surface area contributed by atoms with Gasteiger partial charge in [0.2, 0.25) is 5.91 Å². The van der Waals surface area contributed by atoms with Crippen LogP contribution in [0.15, 0.2) is 0 Å². The van der Waals surface area contributed by atoms with Crippen LogP contribution < -0.4 is 5.32 Å². The first kappa shape index (κ1) is 16.0. The quantitative estimate of drug-likeness (QED) is 0.727. The number of rotatable bonds is 7. The van der Waals surface area contributed by atoms with Gasteiger partial charge in [0, 0.05) is 18.3 Å². The molecule has 1 amide bonds. The van der Waals surface area contributed by atoms with E-state index < -0.39 is 12.0 Å². The first-order valence-corrected chi connectivity index (χ1v) is 7.92. The Hall–Kier alpha value is -1.39. The van der Waals surface area contributed by atoms with E-state index in [1.807, 2.05) is 6.92 Å². The molecule has 1 N–H and O–H groups in total. The van der Waals surface area contributed by atoms with Crippen molar-refractivity contribution in [3.8, 4) is 0 Å². The maximum atomic E-state index is 12.2. The average Bonchev–Trinajstić information content (AvgIpc) is 3.19. The van der Waals surface area contributed by atoms with Gasteiger partial charge in [-0.25, -0.2) is 4.79 Å². The second-order valence-electron chi connectivity index (χ2n) is 6.46. The van der Waals surface area contributed by atoms with Crippen molar-refractivity contribution in [3.63, 3.8) is 0 Å². The zero-order valence-corrected chi connectivity index (χ0v) is 12.9. The molecule has 2 aliphatic carbocycles. The van der Waals surface area contributed by atoms with Crippen LogP contribution in [0.1, 0.15) is 51.9 Å². The lowest BCUT2D eigenvalue weighted by molar-refractivity contribution is -0.146. The maximum absolute atomic E-state index is 12.2. The van der Waals surface area contributed by atoms with E-state index in [1.54, 1.807) is 0 Å². The van der Waals surface area contributed by atoms with Crippen LogP contribution in [-0.2, 0) is 19.1 Å². The minimum atomic E-state index is -0.698. The van der Waals surface area contributed by atoms with Crippen LogP contribution in [0.3, 0.4) is 0 Å². The Labute approximate surface area is 125 Å². The molecule has 0 unspecified atom stereocenters. The van der Waals surface area contributed by atoms with Crippen molar-refractivity contribution in [3.05, 3.63) is 0 Å². The minimum absolute atomic E-state index is 0.0936. The number of methoxy groups -OCH3 is 1. The molecule has 3 atom stereocenters. The van der Waals surface area contributed by atoms with Gasteiger partial charge in [0.25, 0.3) is 0 Å². The van der Waals surface area contributed by atoms with Crippen molar-refractivity contribution in [1.29, 1.82) is 0 Å². The van der Waals surface area contributed by atoms with E-state index in [1.165, 1.54) is 20.0 Å². The highest BCUT2D eigenvalue weighted by molar-refractivity contribution is 5.87. The molecule has 2 rings (SSSR count). The van der Waals surface area contributed by atoms with E-state index >= 15 is 0 Å². The van der Waals surface area contributed by atoms with Crippen LogP contribution in [0.2, 0.25) is 0 Å². The lowest BCUT2D eigenvalue weighted by Gasteiger charge is -2.21. The Balaban J connectivity index is 1.90. The van der Waals surface area contributed by atoms with E-state index in [4.69, 9.17) is 4.74 Å². The summed E-state index contributed by atoms with van der Waals surface area (Å²) >= 11 is 0. The molecule has 0 aromatic rings. The third kappa shape index (κ3) is 4.55. The zero-order valence-electron chi connectivity index (χ0n) is 12.9. The van der Waals surface area contributed by atoms with Gasteiger partial charge in [0.05, 0.1) is 7.11 Å². The molecule has 0 aromatic carbocycles. The fraction of sp³-hybridized carbons (Fsp3) is 0.812. The van der Waals surface area contributed by atoms with Crippen molar-refractivity contribution in [2.24, 2.45) is 17.8 Å². The van der Waals surface area contributed by atoms with Gasteiger partial charge in [-0.05, 0) is 31.6 Å². The molecule has 0 aromatic heterocycles.